The summed E-state index contributed by atoms with van der Waals surface area (Å²) in [6.45, 7) is 2.49. The molecule has 1 heterocycles. The highest BCUT2D eigenvalue weighted by atomic mass is 32.2. The van der Waals surface area contributed by atoms with Crippen molar-refractivity contribution in [2.24, 2.45) is 0 Å². The number of nitrogens with one attached hydrogen (secondary N) is 1. The van der Waals surface area contributed by atoms with E-state index in [0.717, 1.165) is 36.1 Å². The number of amides is 2. The Morgan fingerprint density at radius 2 is 1.82 bits per heavy atom. The van der Waals surface area contributed by atoms with Gasteiger partial charge in [0.2, 0.25) is 5.91 Å². The Hall–Kier alpha value is -2.97. The molecule has 172 valence electrons. The molecule has 2 amide bonds. The molecular formula is C25H26N2O4S2. The molecule has 0 spiro atoms. The Bertz CT molecular complexity index is 1080. The summed E-state index contributed by atoms with van der Waals surface area (Å²) in [6.07, 6.45) is 4.55. The van der Waals surface area contributed by atoms with Gasteiger partial charge in [-0.05, 0) is 55.2 Å². The van der Waals surface area contributed by atoms with Crippen molar-refractivity contribution >= 4 is 57.8 Å². The minimum Gasteiger partial charge on any atom is -0.465 e. The van der Waals surface area contributed by atoms with Crippen LogP contribution in [0.4, 0.5) is 5.69 Å². The van der Waals surface area contributed by atoms with Gasteiger partial charge in [-0.25, -0.2) is 4.79 Å². The first-order chi connectivity index (χ1) is 15.9. The zero-order valence-corrected chi connectivity index (χ0v) is 20.3. The molecule has 0 saturated carbocycles. The molecule has 1 aliphatic heterocycles. The van der Waals surface area contributed by atoms with Gasteiger partial charge in [0.05, 0.1) is 17.6 Å². The number of carbonyl (C=O) groups excluding carboxylic acids is 3. The first-order valence-corrected chi connectivity index (χ1v) is 11.9. The summed E-state index contributed by atoms with van der Waals surface area (Å²) in [5.74, 6) is -0.518. The third-order valence-corrected chi connectivity index (χ3v) is 6.59. The number of hydrogen-bond acceptors (Lipinski definition) is 6. The molecule has 1 aliphatic rings. The maximum Gasteiger partial charge on any atom is 0.337 e. The van der Waals surface area contributed by atoms with E-state index in [4.69, 9.17) is 17.0 Å². The SMILES string of the molecule is COC(=O)c1ccc(/C=C2\SC(=S)N(CCCCCC(=O)Nc3ccccc3C)C2=O)cc1. The van der Waals surface area contributed by atoms with Crippen LogP contribution in [0, 0.1) is 6.92 Å². The quantitative estimate of drug-likeness (QED) is 0.230. The van der Waals surface area contributed by atoms with Crippen molar-refractivity contribution in [2.45, 2.75) is 32.6 Å². The van der Waals surface area contributed by atoms with Crippen LogP contribution in [0.1, 0.15) is 47.2 Å². The van der Waals surface area contributed by atoms with Gasteiger partial charge in [0.1, 0.15) is 4.32 Å². The smallest absolute Gasteiger partial charge is 0.337 e. The van der Waals surface area contributed by atoms with Crippen molar-refractivity contribution in [3.63, 3.8) is 0 Å². The number of unbranched alkanes of at least 4 members (excludes halogenated alkanes) is 2. The van der Waals surface area contributed by atoms with Crippen molar-refractivity contribution < 1.29 is 19.1 Å². The zero-order chi connectivity index (χ0) is 23.8. The molecule has 33 heavy (non-hydrogen) atoms. The summed E-state index contributed by atoms with van der Waals surface area (Å²) in [7, 11) is 1.34. The molecule has 2 aromatic rings. The van der Waals surface area contributed by atoms with E-state index in [1.807, 2.05) is 31.2 Å². The molecule has 1 saturated heterocycles. The Morgan fingerprint density at radius 3 is 2.52 bits per heavy atom. The van der Waals surface area contributed by atoms with Crippen LogP contribution in [0.25, 0.3) is 6.08 Å². The molecule has 3 rings (SSSR count). The van der Waals surface area contributed by atoms with Crippen molar-refractivity contribution in [2.75, 3.05) is 19.0 Å². The zero-order valence-electron chi connectivity index (χ0n) is 18.6. The number of para-hydroxylation sites is 1. The second kappa shape index (κ2) is 11.8. The van der Waals surface area contributed by atoms with Gasteiger partial charge in [-0.3, -0.25) is 14.5 Å². The average Bonchev–Trinajstić information content (AvgIpc) is 3.07. The van der Waals surface area contributed by atoms with E-state index in [-0.39, 0.29) is 11.8 Å². The number of ether oxygens (including phenoxy) is 1. The fourth-order valence-electron chi connectivity index (χ4n) is 3.34. The number of carbonyl (C=O) groups is 3. The Kier molecular flexibility index (Phi) is 8.79. The lowest BCUT2D eigenvalue weighted by atomic mass is 10.1. The van der Waals surface area contributed by atoms with Gasteiger partial charge in [-0.1, -0.05) is 60.7 Å². The summed E-state index contributed by atoms with van der Waals surface area (Å²) in [5.41, 5.74) is 3.14. The molecule has 8 heteroatoms. The van der Waals surface area contributed by atoms with Crippen LogP contribution >= 0.6 is 24.0 Å². The van der Waals surface area contributed by atoms with Crippen molar-refractivity contribution in [1.29, 1.82) is 0 Å². The highest BCUT2D eigenvalue weighted by Gasteiger charge is 2.31. The van der Waals surface area contributed by atoms with E-state index in [2.05, 4.69) is 5.32 Å². The number of anilines is 1. The lowest BCUT2D eigenvalue weighted by Crippen LogP contribution is -2.29. The molecule has 0 unspecified atom stereocenters. The van der Waals surface area contributed by atoms with E-state index in [1.54, 1.807) is 35.2 Å². The highest BCUT2D eigenvalue weighted by molar-refractivity contribution is 8.26. The summed E-state index contributed by atoms with van der Waals surface area (Å²) in [5, 5.41) is 2.94. The molecule has 2 aromatic carbocycles. The molecule has 1 N–H and O–H groups in total. The van der Waals surface area contributed by atoms with Gasteiger partial charge in [0, 0.05) is 18.7 Å². The molecular weight excluding hydrogens is 456 g/mol. The summed E-state index contributed by atoms with van der Waals surface area (Å²) in [4.78, 5) is 38.6. The number of esters is 1. The topological polar surface area (TPSA) is 75.7 Å². The van der Waals surface area contributed by atoms with Gasteiger partial charge in [0.15, 0.2) is 0 Å². The van der Waals surface area contributed by atoms with Crippen molar-refractivity contribution in [3.8, 4) is 0 Å². The second-order valence-corrected chi connectivity index (χ2v) is 9.30. The number of thiocarbonyl (C=S) groups is 1. The summed E-state index contributed by atoms with van der Waals surface area (Å²) in [6, 6.07) is 14.5. The van der Waals surface area contributed by atoms with E-state index < -0.39 is 5.97 Å². The van der Waals surface area contributed by atoms with Crippen molar-refractivity contribution in [1.82, 2.24) is 4.90 Å². The number of benzene rings is 2. The number of thioether (sulfide) groups is 1. The normalized spacial score (nSPS) is 14.6. The Morgan fingerprint density at radius 1 is 1.09 bits per heavy atom. The summed E-state index contributed by atoms with van der Waals surface area (Å²) < 4.78 is 5.23. The number of aryl methyl sites for hydroxylation is 1. The van der Waals surface area contributed by atoms with Gasteiger partial charge in [-0.15, -0.1) is 0 Å². The fourth-order valence-corrected chi connectivity index (χ4v) is 4.64. The molecule has 0 aliphatic carbocycles. The standard InChI is InChI=1S/C25H26N2O4S2/c1-17-8-5-6-9-20(17)26-22(28)10-4-3-7-15-27-23(29)21(33-25(27)32)16-18-11-13-19(14-12-18)24(30)31-2/h5-6,8-9,11-14,16H,3-4,7,10,15H2,1-2H3,(H,26,28)/b21-16-. The van der Waals surface area contributed by atoms with Crippen LogP contribution in [-0.4, -0.2) is 40.7 Å². The van der Waals surface area contributed by atoms with Gasteiger partial charge < -0.3 is 10.1 Å². The van der Waals surface area contributed by atoms with Crippen LogP contribution < -0.4 is 5.32 Å². The van der Waals surface area contributed by atoms with Crippen LogP contribution in [-0.2, 0) is 14.3 Å². The van der Waals surface area contributed by atoms with Crippen LogP contribution in [0.2, 0.25) is 0 Å². The number of methoxy groups -OCH3 is 1. The van der Waals surface area contributed by atoms with Gasteiger partial charge in [0.25, 0.3) is 5.91 Å². The van der Waals surface area contributed by atoms with E-state index in [9.17, 15) is 14.4 Å². The predicted molar refractivity (Wildman–Crippen MR) is 136 cm³/mol. The van der Waals surface area contributed by atoms with Crippen molar-refractivity contribution in [3.05, 3.63) is 70.1 Å². The Balaban J connectivity index is 1.44. The molecule has 0 atom stereocenters. The Labute approximate surface area is 203 Å². The predicted octanol–water partition coefficient (Wildman–Crippen LogP) is 5.18. The number of hydrogen-bond donors (Lipinski definition) is 1. The highest BCUT2D eigenvalue weighted by Crippen LogP contribution is 2.32. The molecule has 0 aromatic heterocycles. The van der Waals surface area contributed by atoms with E-state index >= 15 is 0 Å². The van der Waals surface area contributed by atoms with Gasteiger partial charge >= 0.3 is 5.97 Å². The fraction of sp³-hybridized carbons (Fsp3) is 0.280. The third-order valence-electron chi connectivity index (χ3n) is 5.21. The average molecular weight is 483 g/mol. The number of nitrogens with zero attached hydrogens (tertiary/aromatic N) is 1. The van der Waals surface area contributed by atoms with Crippen LogP contribution in [0.5, 0.6) is 0 Å². The minimum absolute atomic E-state index is 0.00365. The van der Waals surface area contributed by atoms with E-state index in [1.165, 1.54) is 18.9 Å². The molecule has 1 fully saturated rings. The van der Waals surface area contributed by atoms with E-state index in [0.29, 0.717) is 27.8 Å². The first-order valence-electron chi connectivity index (χ1n) is 10.7. The maximum absolute atomic E-state index is 12.8. The third kappa shape index (κ3) is 6.76. The monoisotopic (exact) mass is 482 g/mol. The lowest BCUT2D eigenvalue weighted by Gasteiger charge is -2.14. The molecule has 0 radical (unpaired) electrons. The number of rotatable bonds is 9. The van der Waals surface area contributed by atoms with Crippen LogP contribution in [0.3, 0.4) is 0 Å². The van der Waals surface area contributed by atoms with Crippen LogP contribution in [0.15, 0.2) is 53.4 Å². The molecule has 0 bridgehead atoms. The minimum atomic E-state index is -0.402. The largest absolute Gasteiger partial charge is 0.465 e. The summed E-state index contributed by atoms with van der Waals surface area (Å²) >= 11 is 6.66. The second-order valence-electron chi connectivity index (χ2n) is 7.62. The first kappa shape index (κ1) is 24.7. The maximum atomic E-state index is 12.8. The lowest BCUT2D eigenvalue weighted by molar-refractivity contribution is -0.122. The van der Waals surface area contributed by atoms with Gasteiger partial charge in [-0.2, -0.15) is 0 Å². The molecule has 6 nitrogen and oxygen atoms in total.